The Morgan fingerprint density at radius 3 is 2.56 bits per heavy atom. The first-order valence-electron chi connectivity index (χ1n) is 5.78. The summed E-state index contributed by atoms with van der Waals surface area (Å²) in [5.74, 6) is 0.289. The van der Waals surface area contributed by atoms with Crippen LogP contribution in [0.5, 0.6) is 0 Å². The lowest BCUT2D eigenvalue weighted by Crippen LogP contribution is -2.43. The van der Waals surface area contributed by atoms with E-state index in [-0.39, 0.29) is 18.1 Å². The number of methoxy groups -OCH3 is 1. The third-order valence-electron chi connectivity index (χ3n) is 2.16. The molecule has 5 nitrogen and oxygen atoms in total. The van der Waals surface area contributed by atoms with E-state index < -0.39 is 0 Å². The maximum absolute atomic E-state index is 11.6. The zero-order valence-electron chi connectivity index (χ0n) is 11.1. The molecule has 0 spiro atoms. The van der Waals surface area contributed by atoms with E-state index in [4.69, 9.17) is 4.74 Å². The lowest BCUT2D eigenvalue weighted by molar-refractivity contribution is -0.142. The van der Waals surface area contributed by atoms with Gasteiger partial charge in [0.1, 0.15) is 6.04 Å². The topological polar surface area (TPSA) is 64.1 Å². The number of aromatic nitrogens is 2. The fourth-order valence-corrected chi connectivity index (χ4v) is 2.14. The van der Waals surface area contributed by atoms with E-state index in [0.29, 0.717) is 10.9 Å². The van der Waals surface area contributed by atoms with Crippen molar-refractivity contribution in [2.24, 2.45) is 0 Å². The van der Waals surface area contributed by atoms with Gasteiger partial charge in [0.2, 0.25) is 0 Å². The van der Waals surface area contributed by atoms with Crippen LogP contribution in [0, 0.1) is 6.92 Å². The minimum Gasteiger partial charge on any atom is -0.468 e. The van der Waals surface area contributed by atoms with E-state index >= 15 is 0 Å². The molecule has 1 N–H and O–H groups in total. The highest BCUT2D eigenvalue weighted by molar-refractivity contribution is 7.99. The summed E-state index contributed by atoms with van der Waals surface area (Å²) in [6.45, 7) is 5.91. The highest BCUT2D eigenvalue weighted by Gasteiger charge is 2.20. The van der Waals surface area contributed by atoms with Crippen LogP contribution < -0.4 is 5.32 Å². The molecule has 18 heavy (non-hydrogen) atoms. The molecule has 0 bridgehead atoms. The van der Waals surface area contributed by atoms with Crippen LogP contribution in [0.25, 0.3) is 0 Å². The van der Waals surface area contributed by atoms with Crippen LogP contribution in [-0.2, 0) is 9.53 Å². The van der Waals surface area contributed by atoms with Crippen LogP contribution >= 0.6 is 11.8 Å². The van der Waals surface area contributed by atoms with Gasteiger partial charge in [0.25, 0.3) is 0 Å². The number of ether oxygens (including phenoxy) is 1. The average Bonchev–Trinajstić information content (AvgIpc) is 2.35. The summed E-state index contributed by atoms with van der Waals surface area (Å²) in [7, 11) is 1.39. The van der Waals surface area contributed by atoms with Crippen molar-refractivity contribution in [1.82, 2.24) is 15.3 Å². The second kappa shape index (κ2) is 7.33. The first kappa shape index (κ1) is 14.9. The Labute approximate surface area is 112 Å². The Bertz CT molecular complexity index is 381. The van der Waals surface area contributed by atoms with Crippen LogP contribution in [0.2, 0.25) is 0 Å². The Morgan fingerprint density at radius 1 is 1.44 bits per heavy atom. The van der Waals surface area contributed by atoms with Gasteiger partial charge in [0.05, 0.1) is 7.11 Å². The maximum Gasteiger partial charge on any atom is 0.323 e. The van der Waals surface area contributed by atoms with Gasteiger partial charge in [0.15, 0.2) is 5.16 Å². The van der Waals surface area contributed by atoms with Gasteiger partial charge < -0.3 is 10.1 Å². The highest BCUT2D eigenvalue weighted by Crippen LogP contribution is 2.14. The number of nitrogens with zero attached hydrogens (tertiary/aromatic N) is 2. The molecule has 0 saturated carbocycles. The summed E-state index contributed by atoms with van der Waals surface area (Å²) in [5, 5.41) is 3.83. The molecule has 1 heterocycles. The number of carbonyl (C=O) groups is 1. The van der Waals surface area contributed by atoms with E-state index in [0.717, 1.165) is 5.56 Å². The van der Waals surface area contributed by atoms with E-state index in [1.54, 1.807) is 12.4 Å². The lowest BCUT2D eigenvalue weighted by atomic mass is 10.3. The second-order valence-corrected chi connectivity index (χ2v) is 5.24. The molecule has 100 valence electrons. The third kappa shape index (κ3) is 5.01. The lowest BCUT2D eigenvalue weighted by Gasteiger charge is -2.18. The third-order valence-corrected chi connectivity index (χ3v) is 3.13. The van der Waals surface area contributed by atoms with Gasteiger partial charge in [-0.15, -0.1) is 0 Å². The molecule has 6 heteroatoms. The summed E-state index contributed by atoms with van der Waals surface area (Å²) in [6, 6.07) is -0.126. The monoisotopic (exact) mass is 269 g/mol. The molecule has 0 fully saturated rings. The minimum atomic E-state index is -0.343. The number of hydrogen-bond donors (Lipinski definition) is 1. The SMILES string of the molecule is COC(=O)C(CSc1ncc(C)cn1)NC(C)C. The Balaban J connectivity index is 2.55. The molecule has 0 aliphatic heterocycles. The van der Waals surface area contributed by atoms with E-state index in [1.165, 1.54) is 18.9 Å². The molecule has 0 aliphatic carbocycles. The summed E-state index contributed by atoms with van der Waals surface area (Å²) >= 11 is 1.44. The molecule has 1 aromatic heterocycles. The van der Waals surface area contributed by atoms with Crippen LogP contribution in [0.3, 0.4) is 0 Å². The Hall–Kier alpha value is -1.14. The van der Waals surface area contributed by atoms with Crippen LogP contribution in [-0.4, -0.2) is 40.9 Å². The fourth-order valence-electron chi connectivity index (χ4n) is 1.34. The fraction of sp³-hybridized carbons (Fsp3) is 0.583. The number of hydrogen-bond acceptors (Lipinski definition) is 6. The van der Waals surface area contributed by atoms with Crippen molar-refractivity contribution in [3.63, 3.8) is 0 Å². The summed E-state index contributed by atoms with van der Waals surface area (Å²) in [6.07, 6.45) is 3.52. The van der Waals surface area contributed by atoms with Crippen molar-refractivity contribution in [3.8, 4) is 0 Å². The number of esters is 1. The Morgan fingerprint density at radius 2 is 2.06 bits per heavy atom. The largest absolute Gasteiger partial charge is 0.468 e. The maximum atomic E-state index is 11.6. The predicted molar refractivity (Wildman–Crippen MR) is 71.6 cm³/mol. The zero-order valence-corrected chi connectivity index (χ0v) is 12.0. The quantitative estimate of drug-likeness (QED) is 0.479. The van der Waals surface area contributed by atoms with Gasteiger partial charge in [-0.05, 0) is 12.5 Å². The molecule has 0 aliphatic rings. The smallest absolute Gasteiger partial charge is 0.323 e. The molecular weight excluding hydrogens is 250 g/mol. The van der Waals surface area contributed by atoms with Gasteiger partial charge in [-0.2, -0.15) is 0 Å². The van der Waals surface area contributed by atoms with Gasteiger partial charge in [-0.3, -0.25) is 4.79 Å². The Kier molecular flexibility index (Phi) is 6.07. The van der Waals surface area contributed by atoms with Gasteiger partial charge in [-0.25, -0.2) is 9.97 Å². The first-order valence-corrected chi connectivity index (χ1v) is 6.76. The molecule has 0 radical (unpaired) electrons. The second-order valence-electron chi connectivity index (χ2n) is 4.25. The van der Waals surface area contributed by atoms with Crippen molar-refractivity contribution >= 4 is 17.7 Å². The standard InChI is InChI=1S/C12H19N3O2S/c1-8(2)15-10(11(16)17-4)7-18-12-13-5-9(3)6-14-12/h5-6,8,10,15H,7H2,1-4H3. The van der Waals surface area contributed by atoms with Crippen molar-refractivity contribution in [2.75, 3.05) is 12.9 Å². The number of carbonyl (C=O) groups excluding carboxylic acids is 1. The molecule has 1 rings (SSSR count). The molecule has 0 saturated heterocycles. The number of nitrogens with one attached hydrogen (secondary N) is 1. The van der Waals surface area contributed by atoms with Crippen molar-refractivity contribution in [1.29, 1.82) is 0 Å². The first-order chi connectivity index (χ1) is 8.52. The number of aryl methyl sites for hydroxylation is 1. The van der Waals surface area contributed by atoms with E-state index in [2.05, 4.69) is 15.3 Å². The molecular formula is C12H19N3O2S. The van der Waals surface area contributed by atoms with Crippen molar-refractivity contribution in [3.05, 3.63) is 18.0 Å². The summed E-state index contributed by atoms with van der Waals surface area (Å²) in [4.78, 5) is 20.0. The highest BCUT2D eigenvalue weighted by atomic mass is 32.2. The molecule has 0 aromatic carbocycles. The van der Waals surface area contributed by atoms with Gasteiger partial charge in [0, 0.05) is 24.2 Å². The van der Waals surface area contributed by atoms with Crippen LogP contribution in [0.1, 0.15) is 19.4 Å². The van der Waals surface area contributed by atoms with E-state index in [1.807, 2.05) is 20.8 Å². The minimum absolute atomic E-state index is 0.216. The summed E-state index contributed by atoms with van der Waals surface area (Å²) < 4.78 is 4.77. The van der Waals surface area contributed by atoms with E-state index in [9.17, 15) is 4.79 Å². The normalized spacial score (nSPS) is 12.5. The van der Waals surface area contributed by atoms with Gasteiger partial charge in [-0.1, -0.05) is 25.6 Å². The number of rotatable bonds is 6. The van der Waals surface area contributed by atoms with Crippen LogP contribution in [0.4, 0.5) is 0 Å². The molecule has 1 aromatic rings. The number of thioether (sulfide) groups is 1. The van der Waals surface area contributed by atoms with Crippen LogP contribution in [0.15, 0.2) is 17.6 Å². The van der Waals surface area contributed by atoms with Crippen molar-refractivity contribution in [2.45, 2.75) is 38.0 Å². The summed E-state index contributed by atoms with van der Waals surface area (Å²) in [5.41, 5.74) is 1.02. The molecule has 0 amide bonds. The molecule has 1 atom stereocenters. The average molecular weight is 269 g/mol. The van der Waals surface area contributed by atoms with Crippen molar-refractivity contribution < 1.29 is 9.53 Å². The van der Waals surface area contributed by atoms with Gasteiger partial charge >= 0.3 is 5.97 Å². The molecule has 1 unspecified atom stereocenters. The zero-order chi connectivity index (χ0) is 13.5. The predicted octanol–water partition coefficient (Wildman–Crippen LogP) is 1.42.